The number of rotatable bonds is 7. The first kappa shape index (κ1) is 26.0. The summed E-state index contributed by atoms with van der Waals surface area (Å²) in [5.41, 5.74) is -2.15. The molecule has 1 aliphatic heterocycles. The zero-order valence-corrected chi connectivity index (χ0v) is 19.2. The van der Waals surface area contributed by atoms with Gasteiger partial charge in [0.15, 0.2) is 5.78 Å². The Morgan fingerprint density at radius 1 is 1.22 bits per heavy atom. The fourth-order valence-electron chi connectivity index (χ4n) is 3.30. The molecule has 7 nitrogen and oxygen atoms in total. The molecule has 0 saturated carbocycles. The van der Waals surface area contributed by atoms with E-state index in [4.69, 9.17) is 0 Å². The first-order chi connectivity index (χ1) is 14.7. The number of carbonyl (C=O) groups is 3. The van der Waals surface area contributed by atoms with Crippen molar-refractivity contribution in [2.75, 3.05) is 20.2 Å². The average molecular weight is 526 g/mol. The summed E-state index contributed by atoms with van der Waals surface area (Å²) in [6.07, 6.45) is -6.14. The average Bonchev–Trinajstić information content (AvgIpc) is 3.04. The van der Waals surface area contributed by atoms with Crippen LogP contribution in [0.3, 0.4) is 0 Å². The number of hydrogen-bond donors (Lipinski definition) is 2. The second-order valence-corrected chi connectivity index (χ2v) is 8.96. The molecule has 1 unspecified atom stereocenters. The first-order valence-corrected chi connectivity index (χ1v) is 10.4. The van der Waals surface area contributed by atoms with E-state index in [0.717, 1.165) is 25.9 Å². The monoisotopic (exact) mass is 525 g/mol. The molecule has 3 atom stereocenters. The number of hydrogen-bond acceptors (Lipinski definition) is 5. The minimum atomic E-state index is -4.78. The number of nitrogens with one attached hydrogen (secondary N) is 2. The van der Waals surface area contributed by atoms with Gasteiger partial charge in [-0.15, -0.1) is 0 Å². The number of likely N-dealkylation sites (tertiary alicyclic amines) is 1. The number of carbonyl (C=O) groups excluding carboxylic acids is 3. The number of methoxy groups -OCH3 is 1. The van der Waals surface area contributed by atoms with E-state index in [1.54, 1.807) is 0 Å². The number of amides is 2. The summed E-state index contributed by atoms with van der Waals surface area (Å²) < 4.78 is 60.8. The highest BCUT2D eigenvalue weighted by Crippen LogP contribution is 2.34. The van der Waals surface area contributed by atoms with Crippen molar-refractivity contribution in [1.29, 1.82) is 0 Å². The summed E-state index contributed by atoms with van der Waals surface area (Å²) in [5.74, 6) is -1.49. The third-order valence-electron chi connectivity index (χ3n) is 4.79. The minimum Gasteiger partial charge on any atom is -0.453 e. The molecule has 2 rings (SSSR count). The molecule has 1 heterocycles. The lowest BCUT2D eigenvalue weighted by Crippen LogP contribution is -2.54. The van der Waals surface area contributed by atoms with Crippen molar-refractivity contribution in [1.82, 2.24) is 15.5 Å². The van der Waals surface area contributed by atoms with Gasteiger partial charge in [0.2, 0.25) is 5.91 Å². The summed E-state index contributed by atoms with van der Waals surface area (Å²) in [5, 5.41) is 4.55. The summed E-state index contributed by atoms with van der Waals surface area (Å²) in [4.78, 5) is 37.6. The lowest BCUT2D eigenvalue weighted by Gasteiger charge is -2.30. The molecule has 1 aromatic carbocycles. The van der Waals surface area contributed by atoms with Gasteiger partial charge in [-0.25, -0.2) is 9.18 Å². The molecule has 32 heavy (non-hydrogen) atoms. The fourth-order valence-corrected chi connectivity index (χ4v) is 3.56. The summed E-state index contributed by atoms with van der Waals surface area (Å²) in [7, 11) is 1.13. The Morgan fingerprint density at radius 3 is 2.31 bits per heavy atom. The molecular weight excluding hydrogens is 502 g/mol. The minimum absolute atomic E-state index is 0.163. The maximum absolute atomic E-state index is 14.4. The standard InChI is InChI=1S/C20H24BrF4N3O4/c1-19(2,22)8-13(17(30)27-14-9-28(10-15(14)29)18(31)32-3)26-16(20(23,24)25)11-4-6-12(21)7-5-11/h4-7,13-14,16,26H,8-10H2,1-3H3,(H,27,30)/t13-,14?,16-/m0/s1. The molecule has 0 bridgehead atoms. The molecule has 1 aromatic rings. The van der Waals surface area contributed by atoms with Crippen LogP contribution in [-0.4, -0.2) is 66.8 Å². The van der Waals surface area contributed by atoms with Crippen LogP contribution in [0.15, 0.2) is 28.7 Å². The van der Waals surface area contributed by atoms with Crippen LogP contribution in [0.4, 0.5) is 22.4 Å². The molecule has 2 N–H and O–H groups in total. The quantitative estimate of drug-likeness (QED) is 0.533. The second kappa shape index (κ2) is 10.2. The summed E-state index contributed by atoms with van der Waals surface area (Å²) >= 11 is 3.15. The summed E-state index contributed by atoms with van der Waals surface area (Å²) in [6.45, 7) is 1.76. The molecular formula is C20H24BrF4N3O4. The molecule has 0 radical (unpaired) electrons. The van der Waals surface area contributed by atoms with Crippen molar-refractivity contribution in [3.8, 4) is 0 Å². The van der Waals surface area contributed by atoms with Crippen molar-refractivity contribution >= 4 is 33.7 Å². The van der Waals surface area contributed by atoms with Crippen molar-refractivity contribution in [3.63, 3.8) is 0 Å². The Labute approximate surface area is 191 Å². The zero-order valence-electron chi connectivity index (χ0n) is 17.6. The van der Waals surface area contributed by atoms with E-state index < -0.39 is 54.2 Å². The van der Waals surface area contributed by atoms with Gasteiger partial charge in [0.05, 0.1) is 26.2 Å². The van der Waals surface area contributed by atoms with Gasteiger partial charge < -0.3 is 10.1 Å². The molecule has 0 aliphatic carbocycles. The first-order valence-electron chi connectivity index (χ1n) is 9.64. The topological polar surface area (TPSA) is 87.7 Å². The number of alkyl halides is 4. The van der Waals surface area contributed by atoms with E-state index in [9.17, 15) is 31.9 Å². The highest BCUT2D eigenvalue weighted by molar-refractivity contribution is 9.10. The molecule has 1 fully saturated rings. The van der Waals surface area contributed by atoms with Gasteiger partial charge in [0.1, 0.15) is 17.8 Å². The maximum Gasteiger partial charge on any atom is 0.409 e. The van der Waals surface area contributed by atoms with E-state index >= 15 is 0 Å². The molecule has 12 heteroatoms. The van der Waals surface area contributed by atoms with Gasteiger partial charge in [-0.2, -0.15) is 13.2 Å². The van der Waals surface area contributed by atoms with Gasteiger partial charge in [-0.3, -0.25) is 19.8 Å². The number of halogens is 5. The molecule has 178 valence electrons. The largest absolute Gasteiger partial charge is 0.453 e. The smallest absolute Gasteiger partial charge is 0.409 e. The third kappa shape index (κ3) is 7.16. The SMILES string of the molecule is COC(=O)N1CC(=O)C(NC(=O)[C@H](CC(C)(C)F)N[C@@H](c2ccc(Br)cc2)C(F)(F)F)C1. The lowest BCUT2D eigenvalue weighted by atomic mass is 9.97. The zero-order chi connectivity index (χ0) is 24.3. The normalized spacial score (nSPS) is 18.9. The maximum atomic E-state index is 14.4. The summed E-state index contributed by atoms with van der Waals surface area (Å²) in [6, 6.07) is 0.319. The van der Waals surface area contributed by atoms with E-state index in [-0.39, 0.29) is 18.7 Å². The van der Waals surface area contributed by atoms with Crippen LogP contribution in [0, 0.1) is 0 Å². The number of nitrogens with zero attached hydrogens (tertiary/aromatic N) is 1. The van der Waals surface area contributed by atoms with Gasteiger partial charge in [-0.05, 0) is 31.5 Å². The van der Waals surface area contributed by atoms with E-state index in [1.807, 2.05) is 0 Å². The second-order valence-electron chi connectivity index (χ2n) is 8.05. The van der Waals surface area contributed by atoms with Gasteiger partial charge in [0, 0.05) is 10.9 Å². The van der Waals surface area contributed by atoms with Crippen molar-refractivity contribution in [2.24, 2.45) is 0 Å². The molecule has 1 saturated heterocycles. The number of Topliss-reactive ketones (excluding diaryl/α,β-unsaturated/α-hetero) is 1. The van der Waals surface area contributed by atoms with Gasteiger partial charge in [-0.1, -0.05) is 28.1 Å². The number of ether oxygens (including phenoxy) is 1. The molecule has 2 amide bonds. The van der Waals surface area contributed by atoms with Crippen LogP contribution < -0.4 is 10.6 Å². The Hall–Kier alpha value is -2.21. The fraction of sp³-hybridized carbons (Fsp3) is 0.550. The van der Waals surface area contributed by atoms with E-state index in [2.05, 4.69) is 31.3 Å². The van der Waals surface area contributed by atoms with Crippen LogP contribution in [-0.2, 0) is 14.3 Å². The van der Waals surface area contributed by atoms with Crippen molar-refractivity contribution in [2.45, 2.75) is 50.2 Å². The third-order valence-corrected chi connectivity index (χ3v) is 5.32. The highest BCUT2D eigenvalue weighted by Gasteiger charge is 2.44. The predicted molar refractivity (Wildman–Crippen MR) is 111 cm³/mol. The van der Waals surface area contributed by atoms with Crippen LogP contribution in [0.5, 0.6) is 0 Å². The Kier molecular flexibility index (Phi) is 8.27. The van der Waals surface area contributed by atoms with Crippen LogP contribution in [0.1, 0.15) is 31.9 Å². The number of ketones is 1. The van der Waals surface area contributed by atoms with Crippen molar-refractivity contribution in [3.05, 3.63) is 34.3 Å². The number of benzene rings is 1. The highest BCUT2D eigenvalue weighted by atomic mass is 79.9. The Morgan fingerprint density at radius 2 is 1.81 bits per heavy atom. The predicted octanol–water partition coefficient (Wildman–Crippen LogP) is 3.28. The molecule has 1 aliphatic rings. The Bertz CT molecular complexity index is 843. The Balaban J connectivity index is 2.24. The van der Waals surface area contributed by atoms with Crippen LogP contribution in [0.2, 0.25) is 0 Å². The van der Waals surface area contributed by atoms with Gasteiger partial charge >= 0.3 is 12.3 Å². The lowest BCUT2D eigenvalue weighted by molar-refractivity contribution is -0.161. The van der Waals surface area contributed by atoms with E-state index in [1.165, 1.54) is 24.3 Å². The van der Waals surface area contributed by atoms with E-state index in [0.29, 0.717) is 4.47 Å². The van der Waals surface area contributed by atoms with Crippen molar-refractivity contribution < 1.29 is 36.7 Å². The van der Waals surface area contributed by atoms with Gasteiger partial charge in [0.25, 0.3) is 0 Å². The molecule has 0 spiro atoms. The van der Waals surface area contributed by atoms with Crippen LogP contribution in [0.25, 0.3) is 0 Å². The molecule has 0 aromatic heterocycles. The van der Waals surface area contributed by atoms with Crippen LogP contribution >= 0.6 is 15.9 Å².